The van der Waals surface area contributed by atoms with Crippen LogP contribution in [-0.2, 0) is 4.79 Å². The van der Waals surface area contributed by atoms with Gasteiger partial charge in [0.1, 0.15) is 5.75 Å². The quantitative estimate of drug-likeness (QED) is 0.602. The Labute approximate surface area is 188 Å². The van der Waals surface area contributed by atoms with Crippen LogP contribution in [0.1, 0.15) is 22.7 Å². The van der Waals surface area contributed by atoms with Gasteiger partial charge >= 0.3 is 0 Å². The van der Waals surface area contributed by atoms with Crippen molar-refractivity contribution in [3.63, 3.8) is 0 Å². The Balaban J connectivity index is 1.50. The molecule has 1 aromatic carbocycles. The first kappa shape index (κ1) is 20.1. The summed E-state index contributed by atoms with van der Waals surface area (Å²) in [5.74, 6) is 0.884. The number of aliphatic imine (C=N–C) groups is 1. The Kier molecular flexibility index (Phi) is 4.82. The second kappa shape index (κ2) is 7.69. The van der Waals surface area contributed by atoms with E-state index < -0.39 is 5.91 Å². The van der Waals surface area contributed by atoms with Crippen LogP contribution in [0.3, 0.4) is 0 Å². The number of hydrogen-bond acceptors (Lipinski definition) is 6. The molecule has 1 N–H and O–H groups in total. The minimum absolute atomic E-state index is 0.0108. The number of fused-ring (bicyclic) bond motifs is 1. The zero-order valence-corrected chi connectivity index (χ0v) is 18.4. The van der Waals surface area contributed by atoms with Crippen LogP contribution < -0.4 is 4.74 Å². The molecule has 2 aliphatic rings. The number of thioether (sulfide) groups is 1. The fraction of sp³-hybridized carbons (Fsp3) is 0.130. The van der Waals surface area contributed by atoms with Crippen LogP contribution in [0.2, 0.25) is 0 Å². The first-order chi connectivity index (χ1) is 15.5. The van der Waals surface area contributed by atoms with Crippen molar-refractivity contribution in [2.45, 2.75) is 13.8 Å². The van der Waals surface area contributed by atoms with Crippen molar-refractivity contribution in [2.24, 2.45) is 10.1 Å². The number of carbonyl (C=O) groups excluding carboxylic acids is 1. The van der Waals surface area contributed by atoms with Gasteiger partial charge in [-0.05, 0) is 79.7 Å². The monoisotopic (exact) mass is 445 g/mol. The van der Waals surface area contributed by atoms with Crippen molar-refractivity contribution in [1.29, 1.82) is 5.41 Å². The molecular formula is C23H19N5O3S. The number of nitrogens with one attached hydrogen (secondary N) is 1. The number of amides is 1. The Morgan fingerprint density at radius 2 is 1.97 bits per heavy atom. The Bertz CT molecular complexity index is 1330. The molecule has 0 spiro atoms. The summed E-state index contributed by atoms with van der Waals surface area (Å²) in [6, 6.07) is 13.3. The van der Waals surface area contributed by atoms with Crippen molar-refractivity contribution in [1.82, 2.24) is 9.58 Å². The molecule has 0 atom stereocenters. The number of methoxy groups -OCH3 is 1. The van der Waals surface area contributed by atoms with Crippen molar-refractivity contribution in [3.05, 3.63) is 77.0 Å². The molecule has 160 valence electrons. The second-order valence-electron chi connectivity index (χ2n) is 7.26. The van der Waals surface area contributed by atoms with Gasteiger partial charge in [0.05, 0.1) is 18.9 Å². The molecule has 32 heavy (non-hydrogen) atoms. The molecule has 0 saturated heterocycles. The van der Waals surface area contributed by atoms with E-state index in [1.807, 2.05) is 44.2 Å². The van der Waals surface area contributed by atoms with Gasteiger partial charge in [-0.25, -0.2) is 0 Å². The maximum atomic E-state index is 12.8. The van der Waals surface area contributed by atoms with E-state index in [-0.39, 0.29) is 11.4 Å². The number of rotatable bonds is 4. The summed E-state index contributed by atoms with van der Waals surface area (Å²) in [6.07, 6.45) is 3.26. The molecule has 9 heteroatoms. The van der Waals surface area contributed by atoms with Crippen LogP contribution in [0.25, 0.3) is 11.8 Å². The predicted molar refractivity (Wildman–Crippen MR) is 125 cm³/mol. The molecule has 2 aromatic heterocycles. The molecule has 0 unspecified atom stereocenters. The third kappa shape index (κ3) is 3.27. The average molecular weight is 446 g/mol. The van der Waals surface area contributed by atoms with E-state index in [1.54, 1.807) is 31.6 Å². The van der Waals surface area contributed by atoms with Gasteiger partial charge in [0, 0.05) is 17.1 Å². The Morgan fingerprint density at radius 3 is 2.66 bits per heavy atom. The zero-order valence-electron chi connectivity index (χ0n) is 17.6. The van der Waals surface area contributed by atoms with Crippen LogP contribution >= 0.6 is 11.8 Å². The second-order valence-corrected chi connectivity index (χ2v) is 8.22. The Hall–Kier alpha value is -3.85. The summed E-state index contributed by atoms with van der Waals surface area (Å²) >= 11 is 1.21. The lowest BCUT2D eigenvalue weighted by molar-refractivity contribution is -0.114. The summed E-state index contributed by atoms with van der Waals surface area (Å²) in [5, 5.41) is 15.3. The van der Waals surface area contributed by atoms with Gasteiger partial charge in [0.15, 0.2) is 16.6 Å². The molecule has 5 rings (SSSR count). The first-order valence-corrected chi connectivity index (χ1v) is 10.7. The topological polar surface area (TPSA) is 96.2 Å². The number of ether oxygens (including phenoxy) is 1. The summed E-state index contributed by atoms with van der Waals surface area (Å²) in [4.78, 5) is 16.9. The molecule has 0 aliphatic carbocycles. The summed E-state index contributed by atoms with van der Waals surface area (Å²) in [7, 11) is 1.63. The highest BCUT2D eigenvalue weighted by atomic mass is 32.2. The number of hydrazone groups is 1. The summed E-state index contributed by atoms with van der Waals surface area (Å²) < 4.78 is 12.7. The lowest BCUT2D eigenvalue weighted by Crippen LogP contribution is -2.35. The number of carbonyl (C=O) groups is 1. The lowest BCUT2D eigenvalue weighted by atomic mass is 10.1. The minimum atomic E-state index is -0.459. The van der Waals surface area contributed by atoms with Crippen LogP contribution in [0.15, 0.2) is 68.8 Å². The molecule has 0 radical (unpaired) electrons. The van der Waals surface area contributed by atoms with Crippen molar-refractivity contribution in [2.75, 3.05) is 7.11 Å². The molecule has 1 amide bonds. The van der Waals surface area contributed by atoms with E-state index in [9.17, 15) is 4.79 Å². The average Bonchev–Trinajstić information content (AvgIpc) is 3.51. The maximum absolute atomic E-state index is 12.8. The highest BCUT2D eigenvalue weighted by molar-refractivity contribution is 8.27. The highest BCUT2D eigenvalue weighted by Gasteiger charge is 2.36. The van der Waals surface area contributed by atoms with Crippen molar-refractivity contribution < 1.29 is 13.9 Å². The van der Waals surface area contributed by atoms with Gasteiger partial charge in [0.25, 0.3) is 5.91 Å². The summed E-state index contributed by atoms with van der Waals surface area (Å²) in [5.41, 5.74) is 3.97. The van der Waals surface area contributed by atoms with Crippen LogP contribution in [-0.4, -0.2) is 38.6 Å². The fourth-order valence-electron chi connectivity index (χ4n) is 3.71. The van der Waals surface area contributed by atoms with E-state index in [2.05, 4.69) is 14.7 Å². The maximum Gasteiger partial charge on any atom is 0.283 e. The van der Waals surface area contributed by atoms with Gasteiger partial charge in [-0.1, -0.05) is 0 Å². The third-order valence-corrected chi connectivity index (χ3v) is 6.21. The normalized spacial score (nSPS) is 17.0. The van der Waals surface area contributed by atoms with E-state index in [0.717, 1.165) is 28.4 Å². The standard InChI is InChI=1S/C23H19N5O3S/c1-13-11-15(14(2)27(13)16-6-8-17(30-3)9-7-16)12-18-20(24)28-23(25-21(18)29)32-22(26-28)19-5-4-10-31-19/h4-12,24H,1-3H3/b18-12-,24-20?. The van der Waals surface area contributed by atoms with Gasteiger partial charge < -0.3 is 13.7 Å². The molecule has 3 aromatic rings. The predicted octanol–water partition coefficient (Wildman–Crippen LogP) is 4.36. The largest absolute Gasteiger partial charge is 0.497 e. The SMILES string of the molecule is COc1ccc(-n2c(C)cc(/C=C3/C(=N)N4N=C(c5ccco5)SC4=NC3=O)c2C)cc1. The highest BCUT2D eigenvalue weighted by Crippen LogP contribution is 2.32. The van der Waals surface area contributed by atoms with Crippen molar-refractivity contribution >= 4 is 39.8 Å². The van der Waals surface area contributed by atoms with E-state index >= 15 is 0 Å². The lowest BCUT2D eigenvalue weighted by Gasteiger charge is -2.20. The third-order valence-electron chi connectivity index (χ3n) is 5.29. The van der Waals surface area contributed by atoms with Crippen LogP contribution in [0.4, 0.5) is 0 Å². The van der Waals surface area contributed by atoms with Crippen molar-refractivity contribution in [3.8, 4) is 11.4 Å². The number of aryl methyl sites for hydroxylation is 1. The van der Waals surface area contributed by atoms with Gasteiger partial charge in [-0.2, -0.15) is 15.1 Å². The fourth-order valence-corrected chi connectivity index (χ4v) is 4.57. The molecule has 0 fully saturated rings. The number of furan rings is 1. The number of benzene rings is 1. The molecule has 4 heterocycles. The molecule has 0 bridgehead atoms. The number of amidine groups is 2. The minimum Gasteiger partial charge on any atom is -0.497 e. The number of aromatic nitrogens is 1. The van der Waals surface area contributed by atoms with E-state index in [0.29, 0.717) is 16.0 Å². The van der Waals surface area contributed by atoms with E-state index in [4.69, 9.17) is 14.6 Å². The molecular weight excluding hydrogens is 426 g/mol. The molecule has 0 saturated carbocycles. The van der Waals surface area contributed by atoms with E-state index in [1.165, 1.54) is 16.8 Å². The smallest absolute Gasteiger partial charge is 0.283 e. The summed E-state index contributed by atoms with van der Waals surface area (Å²) in [6.45, 7) is 3.98. The zero-order chi connectivity index (χ0) is 22.4. The van der Waals surface area contributed by atoms with Crippen LogP contribution in [0, 0.1) is 19.3 Å². The molecule has 8 nitrogen and oxygen atoms in total. The number of hydrogen-bond donors (Lipinski definition) is 1. The van der Waals surface area contributed by atoms with Crippen LogP contribution in [0.5, 0.6) is 5.75 Å². The van der Waals surface area contributed by atoms with Gasteiger partial charge in [-0.3, -0.25) is 10.2 Å². The Morgan fingerprint density at radius 1 is 1.19 bits per heavy atom. The molecule has 2 aliphatic heterocycles. The number of nitrogens with zero attached hydrogens (tertiary/aromatic N) is 4. The van der Waals surface area contributed by atoms with Gasteiger partial charge in [-0.15, -0.1) is 0 Å². The van der Waals surface area contributed by atoms with Gasteiger partial charge in [0.2, 0.25) is 5.17 Å². The first-order valence-electron chi connectivity index (χ1n) is 9.83.